The summed E-state index contributed by atoms with van der Waals surface area (Å²) < 4.78 is 14.0. The molecular weight excluding hydrogens is 399 g/mol. The number of benzene rings is 2. The van der Waals surface area contributed by atoms with Crippen molar-refractivity contribution in [3.05, 3.63) is 69.9 Å². The first-order chi connectivity index (χ1) is 12.5. The Morgan fingerprint density at radius 2 is 1.81 bits per heavy atom. The van der Waals surface area contributed by atoms with E-state index in [4.69, 9.17) is 0 Å². The summed E-state index contributed by atoms with van der Waals surface area (Å²) in [6.07, 6.45) is 2.37. The van der Waals surface area contributed by atoms with Crippen LogP contribution < -0.4 is 5.32 Å². The van der Waals surface area contributed by atoms with E-state index in [1.54, 1.807) is 4.90 Å². The maximum atomic E-state index is 13.7. The molecule has 1 N–H and O–H groups in total. The molecule has 1 aliphatic rings. The highest BCUT2D eigenvalue weighted by molar-refractivity contribution is 9.10. The average Bonchev–Trinajstić information content (AvgIpc) is 3.18. The van der Waals surface area contributed by atoms with Gasteiger partial charge in [0, 0.05) is 25.1 Å². The predicted octanol–water partition coefficient (Wildman–Crippen LogP) is 3.55. The summed E-state index contributed by atoms with van der Waals surface area (Å²) in [5, 5.41) is 2.79. The number of rotatable bonds is 5. The quantitative estimate of drug-likeness (QED) is 0.806. The molecule has 1 aliphatic heterocycles. The summed E-state index contributed by atoms with van der Waals surface area (Å²) in [6, 6.07) is 13.1. The van der Waals surface area contributed by atoms with E-state index in [0.717, 1.165) is 18.4 Å². The molecule has 0 radical (unpaired) electrons. The van der Waals surface area contributed by atoms with Gasteiger partial charge in [0.15, 0.2) is 0 Å². The summed E-state index contributed by atoms with van der Waals surface area (Å²) in [6.45, 7) is 1.43. The lowest BCUT2D eigenvalue weighted by Crippen LogP contribution is -2.49. The molecular formula is C20H20BrFN2O2. The molecule has 2 aromatic rings. The molecule has 1 atom stereocenters. The van der Waals surface area contributed by atoms with Crippen LogP contribution in [0.1, 0.15) is 28.8 Å². The smallest absolute Gasteiger partial charge is 0.252 e. The van der Waals surface area contributed by atoms with Crippen LogP contribution in [0.15, 0.2) is 53.0 Å². The molecule has 0 aliphatic carbocycles. The highest BCUT2D eigenvalue weighted by Crippen LogP contribution is 2.17. The zero-order chi connectivity index (χ0) is 18.5. The minimum Gasteiger partial charge on any atom is -0.341 e. The Morgan fingerprint density at radius 3 is 2.46 bits per heavy atom. The standard InChI is InChI=1S/C20H20BrFN2O2/c21-16-9-8-15(13-17(16)22)19(25)23-18(12-14-6-2-1-3-7-14)20(26)24-10-4-5-11-24/h1-3,6-9,13,18H,4-5,10-12H2,(H,23,25). The number of hydrogen-bond donors (Lipinski definition) is 1. The lowest BCUT2D eigenvalue weighted by atomic mass is 10.0. The van der Waals surface area contributed by atoms with Gasteiger partial charge in [0.2, 0.25) is 5.91 Å². The first-order valence-corrected chi connectivity index (χ1v) is 9.42. The van der Waals surface area contributed by atoms with E-state index >= 15 is 0 Å². The molecule has 0 bridgehead atoms. The zero-order valence-corrected chi connectivity index (χ0v) is 15.8. The molecule has 3 rings (SSSR count). The highest BCUT2D eigenvalue weighted by atomic mass is 79.9. The second-order valence-electron chi connectivity index (χ2n) is 6.38. The van der Waals surface area contributed by atoms with Gasteiger partial charge in [-0.1, -0.05) is 30.3 Å². The molecule has 2 aromatic carbocycles. The number of carbonyl (C=O) groups excluding carboxylic acids is 2. The summed E-state index contributed by atoms with van der Waals surface area (Å²) in [5.74, 6) is -1.05. The maximum Gasteiger partial charge on any atom is 0.252 e. The summed E-state index contributed by atoms with van der Waals surface area (Å²) in [5.41, 5.74) is 1.16. The number of amides is 2. The molecule has 136 valence electrons. The van der Waals surface area contributed by atoms with Crippen LogP contribution in [0.4, 0.5) is 4.39 Å². The van der Waals surface area contributed by atoms with Crippen LogP contribution in [0.5, 0.6) is 0 Å². The van der Waals surface area contributed by atoms with Crippen LogP contribution in [0.2, 0.25) is 0 Å². The number of hydrogen-bond acceptors (Lipinski definition) is 2. The van der Waals surface area contributed by atoms with Gasteiger partial charge >= 0.3 is 0 Å². The van der Waals surface area contributed by atoms with Gasteiger partial charge in [-0.2, -0.15) is 0 Å². The van der Waals surface area contributed by atoms with Crippen molar-refractivity contribution in [2.75, 3.05) is 13.1 Å². The van der Waals surface area contributed by atoms with E-state index in [2.05, 4.69) is 21.2 Å². The van der Waals surface area contributed by atoms with Crippen molar-refractivity contribution >= 4 is 27.7 Å². The molecule has 26 heavy (non-hydrogen) atoms. The van der Waals surface area contributed by atoms with Gasteiger partial charge in [0.25, 0.3) is 5.91 Å². The summed E-state index contributed by atoms with van der Waals surface area (Å²) >= 11 is 3.07. The number of carbonyl (C=O) groups is 2. The average molecular weight is 419 g/mol. The summed E-state index contributed by atoms with van der Waals surface area (Å²) in [4.78, 5) is 27.2. The highest BCUT2D eigenvalue weighted by Gasteiger charge is 2.28. The number of halogens is 2. The van der Waals surface area contributed by atoms with Crippen molar-refractivity contribution in [1.29, 1.82) is 0 Å². The lowest BCUT2D eigenvalue weighted by molar-refractivity contribution is -0.132. The maximum absolute atomic E-state index is 13.7. The Kier molecular flexibility index (Phi) is 6.04. The van der Waals surface area contributed by atoms with Gasteiger partial charge < -0.3 is 10.2 Å². The minimum atomic E-state index is -0.672. The Labute approximate surface area is 160 Å². The van der Waals surface area contributed by atoms with E-state index < -0.39 is 17.8 Å². The molecule has 2 amide bonds. The van der Waals surface area contributed by atoms with Gasteiger partial charge in [-0.15, -0.1) is 0 Å². The lowest BCUT2D eigenvalue weighted by Gasteiger charge is -2.24. The van der Waals surface area contributed by atoms with Crippen molar-refractivity contribution in [1.82, 2.24) is 10.2 Å². The third-order valence-corrected chi connectivity index (χ3v) is 5.13. The molecule has 6 heteroatoms. The largest absolute Gasteiger partial charge is 0.341 e. The van der Waals surface area contributed by atoms with Crippen LogP contribution in [0.25, 0.3) is 0 Å². The monoisotopic (exact) mass is 418 g/mol. The molecule has 1 heterocycles. The van der Waals surface area contributed by atoms with E-state index in [-0.39, 0.29) is 11.5 Å². The van der Waals surface area contributed by atoms with E-state index in [1.807, 2.05) is 30.3 Å². The fourth-order valence-electron chi connectivity index (χ4n) is 3.09. The molecule has 1 unspecified atom stereocenters. The first-order valence-electron chi connectivity index (χ1n) is 8.63. The van der Waals surface area contributed by atoms with Gasteiger partial charge in [-0.25, -0.2) is 4.39 Å². The van der Waals surface area contributed by atoms with Crippen molar-refractivity contribution in [2.45, 2.75) is 25.3 Å². The van der Waals surface area contributed by atoms with Crippen molar-refractivity contribution in [3.8, 4) is 0 Å². The SMILES string of the molecule is O=C(NC(Cc1ccccc1)C(=O)N1CCCC1)c1ccc(Br)c(F)c1. The number of nitrogens with zero attached hydrogens (tertiary/aromatic N) is 1. The number of likely N-dealkylation sites (tertiary alicyclic amines) is 1. The van der Waals surface area contributed by atoms with Crippen LogP contribution in [-0.4, -0.2) is 35.8 Å². The predicted molar refractivity (Wildman–Crippen MR) is 101 cm³/mol. The minimum absolute atomic E-state index is 0.0858. The second kappa shape index (κ2) is 8.45. The van der Waals surface area contributed by atoms with Gasteiger partial charge in [-0.05, 0) is 52.5 Å². The van der Waals surface area contributed by atoms with Crippen LogP contribution >= 0.6 is 15.9 Å². The van der Waals surface area contributed by atoms with Crippen LogP contribution in [0, 0.1) is 5.82 Å². The Morgan fingerprint density at radius 1 is 1.12 bits per heavy atom. The van der Waals surface area contributed by atoms with Crippen molar-refractivity contribution in [3.63, 3.8) is 0 Å². The third-order valence-electron chi connectivity index (χ3n) is 4.49. The van der Waals surface area contributed by atoms with E-state index in [9.17, 15) is 14.0 Å². The summed E-state index contributed by atoms with van der Waals surface area (Å²) in [7, 11) is 0. The zero-order valence-electron chi connectivity index (χ0n) is 14.3. The van der Waals surface area contributed by atoms with Gasteiger partial charge in [-0.3, -0.25) is 9.59 Å². The Balaban J connectivity index is 1.78. The molecule has 0 spiro atoms. The van der Waals surface area contributed by atoms with Crippen molar-refractivity contribution < 1.29 is 14.0 Å². The molecule has 4 nitrogen and oxygen atoms in total. The van der Waals surface area contributed by atoms with Gasteiger partial charge in [0.1, 0.15) is 11.9 Å². The Bertz CT molecular complexity index is 792. The second-order valence-corrected chi connectivity index (χ2v) is 7.23. The molecule has 1 fully saturated rings. The van der Waals surface area contributed by atoms with Crippen LogP contribution in [-0.2, 0) is 11.2 Å². The molecule has 1 saturated heterocycles. The van der Waals surface area contributed by atoms with E-state index in [0.29, 0.717) is 24.0 Å². The normalized spacial score (nSPS) is 14.9. The van der Waals surface area contributed by atoms with E-state index in [1.165, 1.54) is 18.2 Å². The van der Waals surface area contributed by atoms with Gasteiger partial charge in [0.05, 0.1) is 4.47 Å². The fourth-order valence-corrected chi connectivity index (χ4v) is 3.33. The first kappa shape index (κ1) is 18.6. The van der Waals surface area contributed by atoms with Crippen LogP contribution in [0.3, 0.4) is 0 Å². The Hall–Kier alpha value is -2.21. The fraction of sp³-hybridized carbons (Fsp3) is 0.300. The van der Waals surface area contributed by atoms with Crippen molar-refractivity contribution in [2.24, 2.45) is 0 Å². The third kappa shape index (κ3) is 4.49. The topological polar surface area (TPSA) is 49.4 Å². The molecule has 0 aromatic heterocycles. The molecule has 0 saturated carbocycles. The number of nitrogens with one attached hydrogen (secondary N) is 1.